The summed E-state index contributed by atoms with van der Waals surface area (Å²) >= 11 is 0. The number of nitrogens with zero attached hydrogens (tertiary/aromatic N) is 2. The maximum absolute atomic E-state index is 11.8. The molecule has 6 heteroatoms. The third-order valence-electron chi connectivity index (χ3n) is 2.41. The van der Waals surface area contributed by atoms with Gasteiger partial charge in [-0.25, -0.2) is 5.10 Å². The zero-order valence-electron chi connectivity index (χ0n) is 8.14. The second-order valence-electron chi connectivity index (χ2n) is 3.61. The number of rotatable bonds is 1. The number of likely N-dealkylation sites (tertiary alicyclic amines) is 1. The molecule has 1 fully saturated rings. The Hall–Kier alpha value is -1.69. The van der Waals surface area contributed by atoms with Crippen molar-refractivity contribution in [3.05, 3.63) is 28.2 Å². The van der Waals surface area contributed by atoms with Crippen molar-refractivity contribution >= 4 is 5.91 Å². The lowest BCUT2D eigenvalue weighted by molar-refractivity contribution is 0.0784. The summed E-state index contributed by atoms with van der Waals surface area (Å²) in [5.74, 6) is -0.181. The molecule has 1 amide bonds. The highest BCUT2D eigenvalue weighted by molar-refractivity contribution is 5.92. The molecule has 1 aromatic rings. The molecule has 1 aliphatic rings. The summed E-state index contributed by atoms with van der Waals surface area (Å²) in [6, 6.07) is 2.76. The van der Waals surface area contributed by atoms with Crippen LogP contribution in [-0.4, -0.2) is 40.1 Å². The molecular weight excluding hydrogens is 196 g/mol. The van der Waals surface area contributed by atoms with E-state index in [0.29, 0.717) is 13.1 Å². The highest BCUT2D eigenvalue weighted by atomic mass is 16.2. The van der Waals surface area contributed by atoms with Gasteiger partial charge in [0.15, 0.2) is 0 Å². The summed E-state index contributed by atoms with van der Waals surface area (Å²) in [6.07, 6.45) is 0.815. The van der Waals surface area contributed by atoms with Gasteiger partial charge in [-0.05, 0) is 12.5 Å². The van der Waals surface area contributed by atoms with E-state index in [1.165, 1.54) is 12.1 Å². The molecule has 3 N–H and O–H groups in total. The molecule has 15 heavy (non-hydrogen) atoms. The average Bonchev–Trinajstić information content (AvgIpc) is 2.65. The van der Waals surface area contributed by atoms with Crippen LogP contribution in [0.5, 0.6) is 0 Å². The number of hydrogen-bond acceptors (Lipinski definition) is 4. The normalized spacial score (nSPS) is 20.6. The Labute approximate surface area is 86.1 Å². The van der Waals surface area contributed by atoms with Gasteiger partial charge in [-0.15, -0.1) is 0 Å². The van der Waals surface area contributed by atoms with Gasteiger partial charge in [-0.2, -0.15) is 5.10 Å². The Morgan fingerprint density at radius 1 is 1.60 bits per heavy atom. The SMILES string of the molecule is N[C@@H]1CCN(C(=O)c2ccc(=O)[nH]n2)C1. The van der Waals surface area contributed by atoms with Crippen LogP contribution in [-0.2, 0) is 0 Å². The molecule has 0 radical (unpaired) electrons. The molecular formula is C9H12N4O2. The van der Waals surface area contributed by atoms with Crippen LogP contribution in [0, 0.1) is 0 Å². The zero-order chi connectivity index (χ0) is 10.8. The van der Waals surface area contributed by atoms with Gasteiger partial charge in [0.1, 0.15) is 5.69 Å². The van der Waals surface area contributed by atoms with Gasteiger partial charge in [0.2, 0.25) is 0 Å². The van der Waals surface area contributed by atoms with Gasteiger partial charge in [0, 0.05) is 25.2 Å². The van der Waals surface area contributed by atoms with Gasteiger partial charge in [-0.1, -0.05) is 0 Å². The van der Waals surface area contributed by atoms with Crippen molar-refractivity contribution < 1.29 is 4.79 Å². The largest absolute Gasteiger partial charge is 0.336 e. The summed E-state index contributed by atoms with van der Waals surface area (Å²) in [5.41, 5.74) is 5.63. The highest BCUT2D eigenvalue weighted by Gasteiger charge is 2.25. The lowest BCUT2D eigenvalue weighted by Gasteiger charge is -2.14. The van der Waals surface area contributed by atoms with Crippen molar-refractivity contribution in [2.45, 2.75) is 12.5 Å². The minimum absolute atomic E-state index is 0.0525. The number of aromatic amines is 1. The van der Waals surface area contributed by atoms with E-state index in [2.05, 4.69) is 10.2 Å². The first-order valence-electron chi connectivity index (χ1n) is 4.77. The van der Waals surface area contributed by atoms with Crippen LogP contribution in [0.1, 0.15) is 16.9 Å². The predicted molar refractivity (Wildman–Crippen MR) is 53.4 cm³/mol. The maximum Gasteiger partial charge on any atom is 0.274 e. The molecule has 2 rings (SSSR count). The van der Waals surface area contributed by atoms with E-state index in [0.717, 1.165) is 6.42 Å². The fourth-order valence-electron chi connectivity index (χ4n) is 1.60. The number of carbonyl (C=O) groups is 1. The predicted octanol–water partition coefficient (Wildman–Crippen LogP) is -1.06. The summed E-state index contributed by atoms with van der Waals surface area (Å²) in [7, 11) is 0. The first kappa shape index (κ1) is 9.85. The minimum Gasteiger partial charge on any atom is -0.336 e. The molecule has 1 saturated heterocycles. The lowest BCUT2D eigenvalue weighted by atomic mass is 10.3. The number of hydrogen-bond donors (Lipinski definition) is 2. The van der Waals surface area contributed by atoms with Crippen LogP contribution >= 0.6 is 0 Å². The molecule has 1 aliphatic heterocycles. The molecule has 1 atom stereocenters. The number of aromatic nitrogens is 2. The van der Waals surface area contributed by atoms with Crippen molar-refractivity contribution in [1.29, 1.82) is 0 Å². The van der Waals surface area contributed by atoms with Crippen LogP contribution in [0.15, 0.2) is 16.9 Å². The minimum atomic E-state index is -0.315. The summed E-state index contributed by atoms with van der Waals surface area (Å²) in [4.78, 5) is 24.2. The Morgan fingerprint density at radius 2 is 2.40 bits per heavy atom. The molecule has 2 heterocycles. The van der Waals surface area contributed by atoms with E-state index < -0.39 is 0 Å². The van der Waals surface area contributed by atoms with Crippen molar-refractivity contribution in [3.63, 3.8) is 0 Å². The summed E-state index contributed by atoms with van der Waals surface area (Å²) in [6.45, 7) is 1.21. The second-order valence-corrected chi connectivity index (χ2v) is 3.61. The highest BCUT2D eigenvalue weighted by Crippen LogP contribution is 2.09. The summed E-state index contributed by atoms with van der Waals surface area (Å²) < 4.78 is 0. The Morgan fingerprint density at radius 3 is 2.93 bits per heavy atom. The van der Waals surface area contributed by atoms with Gasteiger partial charge >= 0.3 is 0 Å². The Kier molecular flexibility index (Phi) is 2.51. The second kappa shape index (κ2) is 3.82. The van der Waals surface area contributed by atoms with E-state index in [4.69, 9.17) is 5.73 Å². The van der Waals surface area contributed by atoms with E-state index in [1.54, 1.807) is 4.90 Å². The summed E-state index contributed by atoms with van der Waals surface area (Å²) in [5, 5.41) is 5.91. The molecule has 6 nitrogen and oxygen atoms in total. The topological polar surface area (TPSA) is 92.1 Å². The third kappa shape index (κ3) is 2.04. The molecule has 0 bridgehead atoms. The molecule has 0 aromatic carbocycles. The first-order chi connectivity index (χ1) is 7.16. The maximum atomic E-state index is 11.8. The van der Waals surface area contributed by atoms with E-state index in [1.807, 2.05) is 0 Å². The molecule has 1 aromatic heterocycles. The van der Waals surface area contributed by atoms with Crippen LogP contribution in [0.4, 0.5) is 0 Å². The number of nitrogens with one attached hydrogen (secondary N) is 1. The van der Waals surface area contributed by atoms with Crippen LogP contribution in [0.25, 0.3) is 0 Å². The van der Waals surface area contributed by atoms with Crippen LogP contribution in [0.2, 0.25) is 0 Å². The molecule has 0 spiro atoms. The van der Waals surface area contributed by atoms with Gasteiger partial charge < -0.3 is 10.6 Å². The fourth-order valence-corrected chi connectivity index (χ4v) is 1.60. The average molecular weight is 208 g/mol. The van der Waals surface area contributed by atoms with Gasteiger partial charge in [0.25, 0.3) is 11.5 Å². The standard InChI is InChI=1S/C9H12N4O2/c10-6-3-4-13(5-6)9(15)7-1-2-8(14)12-11-7/h1-2,6H,3-5,10H2,(H,12,14)/t6-/m1/s1. The number of nitrogens with two attached hydrogens (primary N) is 1. The van der Waals surface area contributed by atoms with E-state index in [9.17, 15) is 9.59 Å². The Bertz CT molecular complexity index is 408. The van der Waals surface area contributed by atoms with Gasteiger partial charge in [0.05, 0.1) is 0 Å². The number of amides is 1. The fraction of sp³-hybridized carbons (Fsp3) is 0.444. The van der Waals surface area contributed by atoms with Crippen LogP contribution < -0.4 is 11.3 Å². The van der Waals surface area contributed by atoms with E-state index in [-0.39, 0.29) is 23.2 Å². The molecule has 0 saturated carbocycles. The lowest BCUT2D eigenvalue weighted by Crippen LogP contribution is -2.32. The third-order valence-corrected chi connectivity index (χ3v) is 2.41. The smallest absolute Gasteiger partial charge is 0.274 e. The zero-order valence-corrected chi connectivity index (χ0v) is 8.14. The Balaban J connectivity index is 2.14. The van der Waals surface area contributed by atoms with E-state index >= 15 is 0 Å². The quantitative estimate of drug-likeness (QED) is 0.615. The van der Waals surface area contributed by atoms with Gasteiger partial charge in [-0.3, -0.25) is 9.59 Å². The van der Waals surface area contributed by atoms with Crippen molar-refractivity contribution in [3.8, 4) is 0 Å². The van der Waals surface area contributed by atoms with Crippen molar-refractivity contribution in [2.75, 3.05) is 13.1 Å². The monoisotopic (exact) mass is 208 g/mol. The molecule has 80 valence electrons. The molecule has 0 aliphatic carbocycles. The number of H-pyrrole nitrogens is 1. The van der Waals surface area contributed by atoms with Crippen molar-refractivity contribution in [1.82, 2.24) is 15.1 Å². The van der Waals surface area contributed by atoms with Crippen molar-refractivity contribution in [2.24, 2.45) is 5.73 Å². The number of carbonyl (C=O) groups excluding carboxylic acids is 1. The first-order valence-corrected chi connectivity index (χ1v) is 4.77. The van der Waals surface area contributed by atoms with Crippen LogP contribution in [0.3, 0.4) is 0 Å². The molecule has 0 unspecified atom stereocenters.